The van der Waals surface area contributed by atoms with Gasteiger partial charge in [0.15, 0.2) is 0 Å². The number of hydrogen-bond acceptors (Lipinski definition) is 4. The van der Waals surface area contributed by atoms with Crippen molar-refractivity contribution in [3.8, 4) is 0 Å². The minimum Gasteiger partial charge on any atom is -0.365 e. The highest BCUT2D eigenvalue weighted by molar-refractivity contribution is 9.10. The van der Waals surface area contributed by atoms with Gasteiger partial charge >= 0.3 is 0 Å². The van der Waals surface area contributed by atoms with Crippen molar-refractivity contribution in [2.75, 3.05) is 5.32 Å². The molecule has 1 aromatic carbocycles. The average molecular weight is 350 g/mol. The van der Waals surface area contributed by atoms with Crippen LogP contribution in [0.1, 0.15) is 30.9 Å². The molecule has 1 aromatic heterocycles. The maximum atomic E-state index is 10.7. The second-order valence-corrected chi connectivity index (χ2v) is 5.89. The molecule has 110 valence electrons. The number of aromatic nitrogens is 1. The molecule has 0 fully saturated rings. The molecule has 0 amide bonds. The molecule has 0 atom stereocenters. The third-order valence-electron chi connectivity index (χ3n) is 3.14. The number of nitrogens with one attached hydrogen (secondary N) is 1. The SMILES string of the molecule is CC(C)c1ccc(CNc2ncc([N+](=O)[O-])cc2Br)cc1. The van der Waals surface area contributed by atoms with Crippen LogP contribution in [0.15, 0.2) is 41.0 Å². The zero-order chi connectivity index (χ0) is 15.4. The molecular formula is C15H16BrN3O2. The van der Waals surface area contributed by atoms with Crippen molar-refractivity contribution in [1.29, 1.82) is 0 Å². The Morgan fingerprint density at radius 1 is 1.33 bits per heavy atom. The van der Waals surface area contributed by atoms with Gasteiger partial charge in [-0.05, 0) is 33.0 Å². The number of nitrogens with zero attached hydrogens (tertiary/aromatic N) is 2. The van der Waals surface area contributed by atoms with E-state index in [-0.39, 0.29) is 5.69 Å². The van der Waals surface area contributed by atoms with E-state index in [1.807, 2.05) is 0 Å². The largest absolute Gasteiger partial charge is 0.365 e. The molecule has 0 radical (unpaired) electrons. The molecule has 0 bridgehead atoms. The van der Waals surface area contributed by atoms with Crippen LogP contribution in [0.3, 0.4) is 0 Å². The van der Waals surface area contributed by atoms with Crippen LogP contribution in [0, 0.1) is 10.1 Å². The van der Waals surface area contributed by atoms with E-state index in [9.17, 15) is 10.1 Å². The predicted octanol–water partition coefficient (Wildman–Crippen LogP) is 4.49. The molecule has 0 aliphatic carbocycles. The lowest BCUT2D eigenvalue weighted by Crippen LogP contribution is -2.03. The van der Waals surface area contributed by atoms with Crippen molar-refractivity contribution < 1.29 is 4.92 Å². The molecule has 6 heteroatoms. The summed E-state index contributed by atoms with van der Waals surface area (Å²) in [4.78, 5) is 14.2. The van der Waals surface area contributed by atoms with Gasteiger partial charge < -0.3 is 5.32 Å². The third kappa shape index (κ3) is 4.01. The molecule has 0 unspecified atom stereocenters. The third-order valence-corrected chi connectivity index (χ3v) is 3.75. The van der Waals surface area contributed by atoms with Gasteiger partial charge in [0.05, 0.1) is 9.40 Å². The van der Waals surface area contributed by atoms with Gasteiger partial charge in [0.2, 0.25) is 0 Å². The summed E-state index contributed by atoms with van der Waals surface area (Å²) in [7, 11) is 0. The fraction of sp³-hybridized carbons (Fsp3) is 0.267. The summed E-state index contributed by atoms with van der Waals surface area (Å²) in [5, 5.41) is 13.8. The van der Waals surface area contributed by atoms with E-state index in [0.717, 1.165) is 5.56 Å². The average Bonchev–Trinajstić information content (AvgIpc) is 2.46. The molecule has 0 aliphatic rings. The second kappa shape index (κ2) is 6.67. The molecule has 0 saturated heterocycles. The fourth-order valence-electron chi connectivity index (χ4n) is 1.86. The summed E-state index contributed by atoms with van der Waals surface area (Å²) in [6.45, 7) is 4.93. The van der Waals surface area contributed by atoms with Gasteiger partial charge in [0, 0.05) is 12.6 Å². The standard InChI is InChI=1S/C15H16BrN3O2/c1-10(2)12-5-3-11(4-6-12)8-17-15-14(16)7-13(9-18-15)19(20)21/h3-7,9-10H,8H2,1-2H3,(H,17,18). The van der Waals surface area contributed by atoms with Crippen LogP contribution in [0.2, 0.25) is 0 Å². The Hall–Kier alpha value is -1.95. The van der Waals surface area contributed by atoms with Crippen molar-refractivity contribution >= 4 is 27.4 Å². The minimum absolute atomic E-state index is 0.0336. The monoisotopic (exact) mass is 349 g/mol. The van der Waals surface area contributed by atoms with Crippen LogP contribution < -0.4 is 5.32 Å². The number of benzene rings is 1. The maximum Gasteiger partial charge on any atom is 0.288 e. The Morgan fingerprint density at radius 2 is 2.00 bits per heavy atom. The zero-order valence-electron chi connectivity index (χ0n) is 11.8. The van der Waals surface area contributed by atoms with E-state index >= 15 is 0 Å². The molecule has 0 aliphatic heterocycles. The summed E-state index contributed by atoms with van der Waals surface area (Å²) in [6.07, 6.45) is 1.24. The van der Waals surface area contributed by atoms with Crippen molar-refractivity contribution in [2.45, 2.75) is 26.3 Å². The van der Waals surface area contributed by atoms with Crippen LogP contribution >= 0.6 is 15.9 Å². The highest BCUT2D eigenvalue weighted by atomic mass is 79.9. The van der Waals surface area contributed by atoms with E-state index in [0.29, 0.717) is 22.8 Å². The number of halogens is 1. The van der Waals surface area contributed by atoms with Crippen LogP contribution in [-0.2, 0) is 6.54 Å². The van der Waals surface area contributed by atoms with E-state index in [4.69, 9.17) is 0 Å². The first-order valence-electron chi connectivity index (χ1n) is 6.60. The minimum atomic E-state index is -0.466. The Balaban J connectivity index is 2.04. The Kier molecular flexibility index (Phi) is 4.90. The topological polar surface area (TPSA) is 68.1 Å². The lowest BCUT2D eigenvalue weighted by molar-refractivity contribution is -0.385. The predicted molar refractivity (Wildman–Crippen MR) is 86.4 cm³/mol. The Morgan fingerprint density at radius 3 is 2.52 bits per heavy atom. The number of hydrogen-bond donors (Lipinski definition) is 1. The summed E-state index contributed by atoms with van der Waals surface area (Å²) in [5.41, 5.74) is 2.40. The molecule has 5 nitrogen and oxygen atoms in total. The van der Waals surface area contributed by atoms with Gasteiger partial charge in [-0.3, -0.25) is 10.1 Å². The molecule has 21 heavy (non-hydrogen) atoms. The van der Waals surface area contributed by atoms with Crippen molar-refractivity contribution in [2.24, 2.45) is 0 Å². The van der Waals surface area contributed by atoms with Gasteiger partial charge in [0.25, 0.3) is 5.69 Å². The summed E-state index contributed by atoms with van der Waals surface area (Å²) >= 11 is 3.29. The molecule has 0 spiro atoms. The number of nitro groups is 1. The van der Waals surface area contributed by atoms with Gasteiger partial charge in [-0.15, -0.1) is 0 Å². The van der Waals surface area contributed by atoms with Gasteiger partial charge in [-0.1, -0.05) is 38.1 Å². The molecule has 0 saturated carbocycles. The molecule has 2 rings (SSSR count). The van der Waals surface area contributed by atoms with E-state index in [1.165, 1.54) is 17.8 Å². The van der Waals surface area contributed by atoms with Gasteiger partial charge in [-0.2, -0.15) is 0 Å². The lowest BCUT2D eigenvalue weighted by Gasteiger charge is -2.09. The molecule has 1 heterocycles. The highest BCUT2D eigenvalue weighted by Crippen LogP contribution is 2.25. The van der Waals surface area contributed by atoms with Crippen molar-refractivity contribution in [3.05, 3.63) is 62.2 Å². The lowest BCUT2D eigenvalue weighted by atomic mass is 10.0. The number of anilines is 1. The molecule has 2 aromatic rings. The van der Waals surface area contributed by atoms with Crippen LogP contribution in [0.25, 0.3) is 0 Å². The summed E-state index contributed by atoms with van der Waals surface area (Å²) in [6, 6.07) is 9.81. The van der Waals surface area contributed by atoms with E-state index in [1.54, 1.807) is 0 Å². The Labute approximate surface area is 131 Å². The van der Waals surface area contributed by atoms with Gasteiger partial charge in [-0.25, -0.2) is 4.98 Å². The number of pyridine rings is 1. The Bertz CT molecular complexity index is 642. The van der Waals surface area contributed by atoms with Crippen LogP contribution in [0.5, 0.6) is 0 Å². The first kappa shape index (κ1) is 15.4. The quantitative estimate of drug-likeness (QED) is 0.637. The normalized spacial score (nSPS) is 10.7. The highest BCUT2D eigenvalue weighted by Gasteiger charge is 2.10. The maximum absolute atomic E-state index is 10.7. The summed E-state index contributed by atoms with van der Waals surface area (Å²) in [5.74, 6) is 1.10. The first-order chi connectivity index (χ1) is 9.97. The first-order valence-corrected chi connectivity index (χ1v) is 7.39. The van der Waals surface area contributed by atoms with Crippen molar-refractivity contribution in [1.82, 2.24) is 4.98 Å². The fourth-order valence-corrected chi connectivity index (χ4v) is 2.34. The number of rotatable bonds is 5. The van der Waals surface area contributed by atoms with Gasteiger partial charge in [0.1, 0.15) is 12.0 Å². The second-order valence-electron chi connectivity index (χ2n) is 5.03. The molecular weight excluding hydrogens is 334 g/mol. The van der Waals surface area contributed by atoms with E-state index in [2.05, 4.69) is 64.3 Å². The summed E-state index contributed by atoms with van der Waals surface area (Å²) < 4.78 is 0.579. The van der Waals surface area contributed by atoms with Crippen LogP contribution in [-0.4, -0.2) is 9.91 Å². The van der Waals surface area contributed by atoms with Crippen molar-refractivity contribution in [3.63, 3.8) is 0 Å². The smallest absolute Gasteiger partial charge is 0.288 e. The zero-order valence-corrected chi connectivity index (χ0v) is 13.4. The van der Waals surface area contributed by atoms with Crippen LogP contribution in [0.4, 0.5) is 11.5 Å². The van der Waals surface area contributed by atoms with E-state index < -0.39 is 4.92 Å². The molecule has 1 N–H and O–H groups in total.